The quantitative estimate of drug-likeness (QED) is 0.667. The van der Waals surface area contributed by atoms with E-state index in [-0.39, 0.29) is 12.5 Å². The number of hydrogen-bond acceptors (Lipinski definition) is 3. The van der Waals surface area contributed by atoms with E-state index in [2.05, 4.69) is 10.3 Å². The van der Waals surface area contributed by atoms with Crippen molar-refractivity contribution in [3.63, 3.8) is 0 Å². The lowest BCUT2D eigenvalue weighted by molar-refractivity contribution is -0.123. The van der Waals surface area contributed by atoms with Gasteiger partial charge in [-0.1, -0.05) is 0 Å². The third-order valence-electron chi connectivity index (χ3n) is 2.17. The number of aromatic nitrogens is 2. The van der Waals surface area contributed by atoms with Gasteiger partial charge in [-0.25, -0.2) is 0 Å². The summed E-state index contributed by atoms with van der Waals surface area (Å²) in [5.74, 6) is -0.108. The number of nitrogens with zero attached hydrogens (tertiary/aromatic N) is 1. The summed E-state index contributed by atoms with van der Waals surface area (Å²) in [6, 6.07) is -0.411. The zero-order valence-electron chi connectivity index (χ0n) is 8.78. The third-order valence-corrected chi connectivity index (χ3v) is 2.48. The number of aliphatic hydroxyl groups is 1. The van der Waals surface area contributed by atoms with Gasteiger partial charge in [0.05, 0.1) is 12.3 Å². The van der Waals surface area contributed by atoms with Crippen LogP contribution < -0.4 is 5.32 Å². The van der Waals surface area contributed by atoms with Gasteiger partial charge in [-0.3, -0.25) is 4.79 Å². The predicted octanol–water partition coefficient (Wildman–Crippen LogP) is 0.735. The highest BCUT2D eigenvalue weighted by Gasteiger charge is 2.17. The van der Waals surface area contributed by atoms with Crippen LogP contribution in [0.25, 0.3) is 0 Å². The number of hydrogen-bond donors (Lipinski definition) is 3. The molecule has 1 aromatic rings. The Labute approximate surface area is 93.1 Å². The number of aromatic amines is 1. The highest BCUT2D eigenvalue weighted by molar-refractivity contribution is 7.71. The zero-order chi connectivity index (χ0) is 11.4. The van der Waals surface area contributed by atoms with Crippen molar-refractivity contribution in [2.24, 2.45) is 0 Å². The SMILES string of the molecule is CCNC(=O)C(C)n1c(CO)c[nH]c1=S. The van der Waals surface area contributed by atoms with E-state index >= 15 is 0 Å². The van der Waals surface area contributed by atoms with Crippen molar-refractivity contribution in [2.45, 2.75) is 26.5 Å². The van der Waals surface area contributed by atoms with Crippen molar-refractivity contribution in [1.29, 1.82) is 0 Å². The first-order valence-corrected chi connectivity index (χ1v) is 5.20. The zero-order valence-corrected chi connectivity index (χ0v) is 9.60. The van der Waals surface area contributed by atoms with Crippen LogP contribution in [0, 0.1) is 4.77 Å². The minimum Gasteiger partial charge on any atom is -0.390 e. The van der Waals surface area contributed by atoms with Crippen molar-refractivity contribution in [3.8, 4) is 0 Å². The molecule has 1 unspecified atom stereocenters. The molecular formula is C9H15N3O2S. The lowest BCUT2D eigenvalue weighted by Gasteiger charge is -2.14. The van der Waals surface area contributed by atoms with Gasteiger partial charge in [-0.2, -0.15) is 0 Å². The number of carbonyl (C=O) groups excluding carboxylic acids is 1. The molecule has 0 saturated carbocycles. The fourth-order valence-corrected chi connectivity index (χ4v) is 1.73. The van der Waals surface area contributed by atoms with Gasteiger partial charge >= 0.3 is 0 Å². The summed E-state index contributed by atoms with van der Waals surface area (Å²) in [6.45, 7) is 4.04. The highest BCUT2D eigenvalue weighted by atomic mass is 32.1. The number of nitrogens with one attached hydrogen (secondary N) is 2. The Kier molecular flexibility index (Phi) is 4.05. The lowest BCUT2D eigenvalue weighted by atomic mass is 10.3. The molecule has 0 bridgehead atoms. The number of aliphatic hydroxyl groups excluding tert-OH is 1. The maximum atomic E-state index is 11.6. The molecule has 1 heterocycles. The van der Waals surface area contributed by atoms with Crippen LogP contribution in [0.1, 0.15) is 25.6 Å². The Balaban J connectivity index is 2.99. The average Bonchev–Trinajstić information content (AvgIpc) is 2.58. The van der Waals surface area contributed by atoms with E-state index in [1.165, 1.54) is 0 Å². The first kappa shape index (κ1) is 11.9. The van der Waals surface area contributed by atoms with Crippen LogP contribution in [0.2, 0.25) is 0 Å². The van der Waals surface area contributed by atoms with Crippen molar-refractivity contribution in [3.05, 3.63) is 16.7 Å². The van der Waals surface area contributed by atoms with Gasteiger partial charge in [0.1, 0.15) is 6.04 Å². The molecule has 0 spiro atoms. The molecule has 0 aliphatic heterocycles. The minimum absolute atomic E-state index is 0.108. The average molecular weight is 229 g/mol. The van der Waals surface area contributed by atoms with E-state index in [9.17, 15) is 4.79 Å². The summed E-state index contributed by atoms with van der Waals surface area (Å²) in [7, 11) is 0. The molecule has 1 aromatic heterocycles. The topological polar surface area (TPSA) is 70.1 Å². The summed E-state index contributed by atoms with van der Waals surface area (Å²) in [4.78, 5) is 14.4. The van der Waals surface area contributed by atoms with Gasteiger partial charge in [0.2, 0.25) is 5.91 Å². The van der Waals surface area contributed by atoms with Gasteiger partial charge in [-0.05, 0) is 26.1 Å². The van der Waals surface area contributed by atoms with Gasteiger partial charge in [-0.15, -0.1) is 0 Å². The molecule has 0 aliphatic rings. The van der Waals surface area contributed by atoms with Crippen molar-refractivity contribution >= 4 is 18.1 Å². The molecule has 1 rings (SSSR count). The maximum Gasteiger partial charge on any atom is 0.242 e. The standard InChI is InChI=1S/C9H15N3O2S/c1-3-10-8(14)6(2)12-7(5-13)4-11-9(12)15/h4,6,13H,3,5H2,1-2H3,(H,10,14)(H,11,15). The monoisotopic (exact) mass is 229 g/mol. The summed E-state index contributed by atoms with van der Waals surface area (Å²) >= 11 is 5.04. The van der Waals surface area contributed by atoms with E-state index in [1.807, 2.05) is 6.92 Å². The Morgan fingerprint density at radius 2 is 2.47 bits per heavy atom. The fraction of sp³-hybridized carbons (Fsp3) is 0.556. The number of H-pyrrole nitrogens is 1. The second kappa shape index (κ2) is 5.09. The molecule has 1 atom stereocenters. The molecule has 1 amide bonds. The first-order valence-electron chi connectivity index (χ1n) is 4.79. The summed E-state index contributed by atoms with van der Waals surface area (Å²) in [6.07, 6.45) is 1.61. The Bertz CT molecular complexity index is 396. The molecule has 15 heavy (non-hydrogen) atoms. The van der Waals surface area contributed by atoms with E-state index in [0.29, 0.717) is 17.0 Å². The first-order chi connectivity index (χ1) is 7.11. The molecule has 84 valence electrons. The van der Waals surface area contributed by atoms with Crippen LogP contribution in [0.3, 0.4) is 0 Å². The van der Waals surface area contributed by atoms with E-state index in [1.54, 1.807) is 17.7 Å². The molecule has 3 N–H and O–H groups in total. The van der Waals surface area contributed by atoms with Crippen molar-refractivity contribution in [2.75, 3.05) is 6.54 Å². The number of rotatable bonds is 4. The van der Waals surface area contributed by atoms with Gasteiger partial charge in [0.15, 0.2) is 4.77 Å². The van der Waals surface area contributed by atoms with Crippen molar-refractivity contribution < 1.29 is 9.90 Å². The van der Waals surface area contributed by atoms with Gasteiger partial charge < -0.3 is 20.0 Å². The van der Waals surface area contributed by atoms with E-state index in [4.69, 9.17) is 17.3 Å². The van der Waals surface area contributed by atoms with Crippen molar-refractivity contribution in [1.82, 2.24) is 14.9 Å². The highest BCUT2D eigenvalue weighted by Crippen LogP contribution is 2.11. The predicted molar refractivity (Wildman–Crippen MR) is 58.9 cm³/mol. The number of carbonyl (C=O) groups is 1. The summed E-state index contributed by atoms with van der Waals surface area (Å²) < 4.78 is 2.05. The number of likely N-dealkylation sites (N-methyl/N-ethyl adjacent to an activating group) is 1. The largest absolute Gasteiger partial charge is 0.390 e. The summed E-state index contributed by atoms with van der Waals surface area (Å²) in [5, 5.41) is 11.8. The molecule has 0 radical (unpaired) electrons. The van der Waals surface area contributed by atoms with Gasteiger partial charge in [0, 0.05) is 12.7 Å². The van der Waals surface area contributed by atoms with Crippen LogP contribution in [0.5, 0.6) is 0 Å². The molecule has 0 saturated heterocycles. The summed E-state index contributed by atoms with van der Waals surface area (Å²) in [5.41, 5.74) is 0.610. The molecule has 6 heteroatoms. The minimum atomic E-state index is -0.411. The second-order valence-electron chi connectivity index (χ2n) is 3.18. The van der Waals surface area contributed by atoms with Crippen LogP contribution in [0.4, 0.5) is 0 Å². The number of imidazole rings is 1. The Hall–Kier alpha value is -1.14. The second-order valence-corrected chi connectivity index (χ2v) is 3.57. The molecule has 0 fully saturated rings. The van der Waals surface area contributed by atoms with Gasteiger partial charge in [0.25, 0.3) is 0 Å². The maximum absolute atomic E-state index is 11.6. The van der Waals surface area contributed by atoms with Crippen LogP contribution >= 0.6 is 12.2 Å². The Morgan fingerprint density at radius 1 is 1.80 bits per heavy atom. The van der Waals surface area contributed by atoms with Crippen LogP contribution in [0.15, 0.2) is 6.20 Å². The molecule has 0 aliphatic carbocycles. The smallest absolute Gasteiger partial charge is 0.242 e. The van der Waals surface area contributed by atoms with Crippen LogP contribution in [-0.2, 0) is 11.4 Å². The van der Waals surface area contributed by atoms with Crippen LogP contribution in [-0.4, -0.2) is 27.1 Å². The lowest BCUT2D eigenvalue weighted by Crippen LogP contribution is -2.31. The number of amides is 1. The molecule has 0 aromatic carbocycles. The van der Waals surface area contributed by atoms with E-state index in [0.717, 1.165) is 0 Å². The third kappa shape index (κ3) is 2.45. The normalized spacial score (nSPS) is 12.5. The Morgan fingerprint density at radius 3 is 3.00 bits per heavy atom. The fourth-order valence-electron chi connectivity index (χ4n) is 1.40. The molecule has 5 nitrogen and oxygen atoms in total. The molecular weight excluding hydrogens is 214 g/mol. The van der Waals surface area contributed by atoms with E-state index < -0.39 is 6.04 Å².